The van der Waals surface area contributed by atoms with Crippen LogP contribution in [-0.4, -0.2) is 48.0 Å². The second kappa shape index (κ2) is 7.90. The second-order valence-corrected chi connectivity index (χ2v) is 6.14. The van der Waals surface area contributed by atoms with Crippen molar-refractivity contribution in [2.24, 2.45) is 0 Å². The molecule has 1 aliphatic rings. The molecule has 6 nitrogen and oxygen atoms in total. The van der Waals surface area contributed by atoms with E-state index in [4.69, 9.17) is 11.6 Å². The number of nitrogens with one attached hydrogen (secondary N) is 2. The molecule has 0 aliphatic carbocycles. The van der Waals surface area contributed by atoms with E-state index in [2.05, 4.69) is 10.6 Å². The van der Waals surface area contributed by atoms with Gasteiger partial charge in [-0.1, -0.05) is 29.8 Å². The highest BCUT2D eigenvalue weighted by Gasteiger charge is 2.24. The summed E-state index contributed by atoms with van der Waals surface area (Å²) < 4.78 is 0. The summed E-state index contributed by atoms with van der Waals surface area (Å²) in [6.45, 7) is 1.96. The van der Waals surface area contributed by atoms with Crippen LogP contribution in [0.4, 0.5) is 21.0 Å². The molecule has 25 heavy (non-hydrogen) atoms. The molecule has 3 rings (SSSR count). The highest BCUT2D eigenvalue weighted by Crippen LogP contribution is 2.15. The smallest absolute Gasteiger partial charge is 0.321 e. The molecule has 0 aromatic heterocycles. The standard InChI is InChI=1S/C18H19ClN4O2/c19-14-6-8-16(9-7-14)21-18(25)23-12-10-22(11-13-23)17(24)20-15-4-2-1-3-5-15/h1-9H,10-13H2,(H,20,24)(H,21,25). The topological polar surface area (TPSA) is 64.7 Å². The first-order valence-electron chi connectivity index (χ1n) is 8.04. The Morgan fingerprint density at radius 3 is 1.64 bits per heavy atom. The number of piperazine rings is 1. The molecular formula is C18H19ClN4O2. The first-order valence-corrected chi connectivity index (χ1v) is 8.42. The minimum Gasteiger partial charge on any atom is -0.321 e. The predicted octanol–water partition coefficient (Wildman–Crippen LogP) is 3.72. The van der Waals surface area contributed by atoms with Gasteiger partial charge in [-0.3, -0.25) is 0 Å². The highest BCUT2D eigenvalue weighted by molar-refractivity contribution is 6.30. The molecule has 2 aromatic rings. The van der Waals surface area contributed by atoms with Crippen molar-refractivity contribution < 1.29 is 9.59 Å². The summed E-state index contributed by atoms with van der Waals surface area (Å²) in [6, 6.07) is 16.0. The fourth-order valence-corrected chi connectivity index (χ4v) is 2.70. The molecule has 0 spiro atoms. The monoisotopic (exact) mass is 358 g/mol. The molecule has 7 heteroatoms. The van der Waals surface area contributed by atoms with Gasteiger partial charge < -0.3 is 20.4 Å². The minimum atomic E-state index is -0.176. The Kier molecular flexibility index (Phi) is 5.40. The summed E-state index contributed by atoms with van der Waals surface area (Å²) in [7, 11) is 0. The number of para-hydroxylation sites is 1. The van der Waals surface area contributed by atoms with E-state index in [0.717, 1.165) is 5.69 Å². The maximum Gasteiger partial charge on any atom is 0.321 e. The maximum absolute atomic E-state index is 12.3. The van der Waals surface area contributed by atoms with Crippen molar-refractivity contribution in [1.29, 1.82) is 0 Å². The summed E-state index contributed by atoms with van der Waals surface area (Å²) in [4.78, 5) is 27.9. The van der Waals surface area contributed by atoms with E-state index in [-0.39, 0.29) is 12.1 Å². The molecular weight excluding hydrogens is 340 g/mol. The molecule has 2 aromatic carbocycles. The number of nitrogens with zero attached hydrogens (tertiary/aromatic N) is 2. The van der Waals surface area contributed by atoms with Gasteiger partial charge in [-0.25, -0.2) is 9.59 Å². The number of carbonyl (C=O) groups excluding carboxylic acids is 2. The number of anilines is 2. The average molecular weight is 359 g/mol. The summed E-state index contributed by atoms with van der Waals surface area (Å²) >= 11 is 5.83. The van der Waals surface area contributed by atoms with Crippen LogP contribution < -0.4 is 10.6 Å². The summed E-state index contributed by atoms with van der Waals surface area (Å²) in [5.74, 6) is 0. The number of amides is 4. The van der Waals surface area contributed by atoms with Gasteiger partial charge in [0.25, 0.3) is 0 Å². The predicted molar refractivity (Wildman–Crippen MR) is 99.1 cm³/mol. The molecule has 0 unspecified atom stereocenters. The van der Waals surface area contributed by atoms with Gasteiger partial charge >= 0.3 is 12.1 Å². The van der Waals surface area contributed by atoms with Crippen LogP contribution in [0.15, 0.2) is 54.6 Å². The van der Waals surface area contributed by atoms with Crippen LogP contribution in [-0.2, 0) is 0 Å². The molecule has 4 amide bonds. The summed E-state index contributed by atoms with van der Waals surface area (Å²) in [5.41, 5.74) is 1.45. The van der Waals surface area contributed by atoms with Gasteiger partial charge in [-0.15, -0.1) is 0 Å². The van der Waals surface area contributed by atoms with E-state index in [1.165, 1.54) is 0 Å². The van der Waals surface area contributed by atoms with Crippen molar-refractivity contribution in [3.05, 3.63) is 59.6 Å². The Hall–Kier alpha value is -2.73. The van der Waals surface area contributed by atoms with Gasteiger partial charge in [0.05, 0.1) is 0 Å². The largest absolute Gasteiger partial charge is 0.321 e. The number of hydrogen-bond donors (Lipinski definition) is 2. The Bertz CT molecular complexity index is 729. The van der Waals surface area contributed by atoms with Gasteiger partial charge in [-0.05, 0) is 36.4 Å². The number of urea groups is 2. The molecule has 0 radical (unpaired) electrons. The van der Waals surface area contributed by atoms with Crippen LogP contribution in [0.2, 0.25) is 5.02 Å². The number of halogens is 1. The first-order chi connectivity index (χ1) is 12.1. The Morgan fingerprint density at radius 1 is 0.720 bits per heavy atom. The molecule has 0 saturated carbocycles. The zero-order chi connectivity index (χ0) is 17.6. The van der Waals surface area contributed by atoms with E-state index in [9.17, 15) is 9.59 Å². The van der Waals surface area contributed by atoms with Crippen LogP contribution in [0.5, 0.6) is 0 Å². The van der Waals surface area contributed by atoms with Gasteiger partial charge in [0.15, 0.2) is 0 Å². The Balaban J connectivity index is 1.48. The maximum atomic E-state index is 12.3. The number of rotatable bonds is 2. The Labute approximate surface area is 151 Å². The summed E-state index contributed by atoms with van der Waals surface area (Å²) in [5, 5.41) is 6.31. The average Bonchev–Trinajstić information content (AvgIpc) is 2.64. The SMILES string of the molecule is O=C(Nc1ccccc1)N1CCN(C(=O)Nc2ccc(Cl)cc2)CC1. The lowest BCUT2D eigenvalue weighted by molar-refractivity contribution is 0.156. The highest BCUT2D eigenvalue weighted by atomic mass is 35.5. The quantitative estimate of drug-likeness (QED) is 0.859. The van der Waals surface area contributed by atoms with Crippen LogP contribution in [0.3, 0.4) is 0 Å². The minimum absolute atomic E-state index is 0.149. The van der Waals surface area contributed by atoms with E-state index in [1.807, 2.05) is 30.3 Å². The molecule has 0 atom stereocenters. The van der Waals surface area contributed by atoms with Crippen LogP contribution in [0, 0.1) is 0 Å². The first kappa shape index (κ1) is 17.1. The van der Waals surface area contributed by atoms with Gasteiger partial charge in [0.2, 0.25) is 0 Å². The van der Waals surface area contributed by atoms with Crippen LogP contribution >= 0.6 is 11.6 Å². The van der Waals surface area contributed by atoms with Gasteiger partial charge in [-0.2, -0.15) is 0 Å². The zero-order valence-corrected chi connectivity index (χ0v) is 14.4. The van der Waals surface area contributed by atoms with Gasteiger partial charge in [0, 0.05) is 42.6 Å². The molecule has 1 fully saturated rings. The van der Waals surface area contributed by atoms with E-state index in [0.29, 0.717) is 36.9 Å². The second-order valence-electron chi connectivity index (χ2n) is 5.71. The van der Waals surface area contributed by atoms with Crippen molar-refractivity contribution in [3.63, 3.8) is 0 Å². The molecule has 2 N–H and O–H groups in total. The van der Waals surface area contributed by atoms with Crippen molar-refractivity contribution in [1.82, 2.24) is 9.80 Å². The van der Waals surface area contributed by atoms with E-state index < -0.39 is 0 Å². The lowest BCUT2D eigenvalue weighted by Crippen LogP contribution is -2.52. The molecule has 1 heterocycles. The fraction of sp³-hybridized carbons (Fsp3) is 0.222. The zero-order valence-electron chi connectivity index (χ0n) is 13.6. The Morgan fingerprint density at radius 2 is 1.16 bits per heavy atom. The van der Waals surface area contributed by atoms with E-state index >= 15 is 0 Å². The number of carbonyl (C=O) groups is 2. The summed E-state index contributed by atoms with van der Waals surface area (Å²) in [6.07, 6.45) is 0. The van der Waals surface area contributed by atoms with Gasteiger partial charge in [0.1, 0.15) is 0 Å². The molecule has 0 bridgehead atoms. The van der Waals surface area contributed by atoms with E-state index in [1.54, 1.807) is 34.1 Å². The number of benzene rings is 2. The van der Waals surface area contributed by atoms with Crippen LogP contribution in [0.25, 0.3) is 0 Å². The fourth-order valence-electron chi connectivity index (χ4n) is 2.57. The van der Waals surface area contributed by atoms with Crippen molar-refractivity contribution in [3.8, 4) is 0 Å². The van der Waals surface area contributed by atoms with Crippen molar-refractivity contribution >= 4 is 35.0 Å². The third-order valence-electron chi connectivity index (χ3n) is 3.97. The molecule has 1 aliphatic heterocycles. The molecule has 130 valence electrons. The van der Waals surface area contributed by atoms with Crippen molar-refractivity contribution in [2.75, 3.05) is 36.8 Å². The molecule has 1 saturated heterocycles. The lowest BCUT2D eigenvalue weighted by atomic mass is 10.3. The number of hydrogen-bond acceptors (Lipinski definition) is 2. The third-order valence-corrected chi connectivity index (χ3v) is 4.23. The normalized spacial score (nSPS) is 14.1. The lowest BCUT2D eigenvalue weighted by Gasteiger charge is -2.34. The third kappa shape index (κ3) is 4.64. The van der Waals surface area contributed by atoms with Crippen LogP contribution in [0.1, 0.15) is 0 Å². The van der Waals surface area contributed by atoms with Crippen molar-refractivity contribution in [2.45, 2.75) is 0 Å².